The molecular formula is C19H23NO. The quantitative estimate of drug-likeness (QED) is 0.766. The van der Waals surface area contributed by atoms with Crippen LogP contribution in [0.15, 0.2) is 36.4 Å². The molecule has 4 rings (SSSR count). The van der Waals surface area contributed by atoms with Crippen LogP contribution in [-0.4, -0.2) is 16.8 Å². The molecule has 3 aliphatic rings. The van der Waals surface area contributed by atoms with E-state index >= 15 is 0 Å². The molecular weight excluding hydrogens is 258 g/mol. The first-order valence-corrected chi connectivity index (χ1v) is 8.39. The van der Waals surface area contributed by atoms with Gasteiger partial charge in [0.05, 0.1) is 6.04 Å². The molecule has 0 aliphatic heterocycles. The molecule has 0 spiro atoms. The molecule has 1 amide bonds. The van der Waals surface area contributed by atoms with Gasteiger partial charge in [-0.05, 0) is 56.1 Å². The second-order valence-electron chi connectivity index (χ2n) is 6.71. The minimum absolute atomic E-state index is 0.225. The van der Waals surface area contributed by atoms with E-state index in [9.17, 15) is 4.79 Å². The standard InChI is InChI=1S/C19H23NO/c21-19(15-7-2-1-3-8-15)20(16-11-12-16)18-13-10-14-6-4-5-9-17(14)18/h1-2,4-6,9,15-16,18H,3,7-8,10-13H2/t15-,18-/m0/s1. The summed E-state index contributed by atoms with van der Waals surface area (Å²) >= 11 is 0. The third-order valence-corrected chi connectivity index (χ3v) is 5.25. The maximum atomic E-state index is 13.1. The van der Waals surface area contributed by atoms with Gasteiger partial charge in [-0.2, -0.15) is 0 Å². The summed E-state index contributed by atoms with van der Waals surface area (Å²) < 4.78 is 0. The zero-order valence-corrected chi connectivity index (χ0v) is 12.5. The Kier molecular flexibility index (Phi) is 3.33. The van der Waals surface area contributed by atoms with Crippen molar-refractivity contribution in [1.29, 1.82) is 0 Å². The van der Waals surface area contributed by atoms with Crippen LogP contribution in [0.2, 0.25) is 0 Å². The van der Waals surface area contributed by atoms with Crippen molar-refractivity contribution in [3.63, 3.8) is 0 Å². The van der Waals surface area contributed by atoms with E-state index in [-0.39, 0.29) is 5.92 Å². The number of rotatable bonds is 3. The molecule has 0 unspecified atom stereocenters. The molecule has 1 aromatic rings. The lowest BCUT2D eigenvalue weighted by Crippen LogP contribution is -2.40. The van der Waals surface area contributed by atoms with Gasteiger partial charge in [0.2, 0.25) is 5.91 Å². The third-order valence-electron chi connectivity index (χ3n) is 5.25. The number of amides is 1. The summed E-state index contributed by atoms with van der Waals surface area (Å²) in [7, 11) is 0. The molecule has 2 nitrogen and oxygen atoms in total. The highest BCUT2D eigenvalue weighted by Crippen LogP contribution is 2.43. The molecule has 110 valence electrons. The number of allylic oxidation sites excluding steroid dienone is 2. The van der Waals surface area contributed by atoms with Crippen LogP contribution < -0.4 is 0 Å². The highest BCUT2D eigenvalue weighted by Gasteiger charge is 2.42. The van der Waals surface area contributed by atoms with E-state index in [1.807, 2.05) is 0 Å². The van der Waals surface area contributed by atoms with E-state index in [1.54, 1.807) is 0 Å². The third kappa shape index (κ3) is 2.41. The Morgan fingerprint density at radius 2 is 1.90 bits per heavy atom. The lowest BCUT2D eigenvalue weighted by Gasteiger charge is -2.33. The molecule has 0 saturated heterocycles. The predicted molar refractivity (Wildman–Crippen MR) is 83.9 cm³/mol. The number of aryl methyl sites for hydroxylation is 1. The van der Waals surface area contributed by atoms with Crippen molar-refractivity contribution in [2.45, 2.75) is 57.0 Å². The van der Waals surface area contributed by atoms with E-state index in [4.69, 9.17) is 0 Å². The lowest BCUT2D eigenvalue weighted by atomic mass is 9.92. The Morgan fingerprint density at radius 1 is 1.05 bits per heavy atom. The molecule has 3 aliphatic carbocycles. The van der Waals surface area contributed by atoms with Crippen LogP contribution in [0.25, 0.3) is 0 Å². The number of carbonyl (C=O) groups is 1. The van der Waals surface area contributed by atoms with Gasteiger partial charge in [-0.1, -0.05) is 36.4 Å². The van der Waals surface area contributed by atoms with Crippen molar-refractivity contribution in [3.8, 4) is 0 Å². The summed E-state index contributed by atoms with van der Waals surface area (Å²) in [4.78, 5) is 15.3. The van der Waals surface area contributed by atoms with Gasteiger partial charge in [-0.15, -0.1) is 0 Å². The number of benzene rings is 1. The minimum Gasteiger partial charge on any atom is -0.332 e. The van der Waals surface area contributed by atoms with Crippen molar-refractivity contribution in [2.75, 3.05) is 0 Å². The predicted octanol–water partition coefficient (Wildman–Crippen LogP) is 4.02. The van der Waals surface area contributed by atoms with Gasteiger partial charge in [-0.3, -0.25) is 4.79 Å². The minimum atomic E-state index is 0.225. The molecule has 0 aromatic heterocycles. The Bertz CT molecular complexity index is 573. The summed E-state index contributed by atoms with van der Waals surface area (Å²) in [6, 6.07) is 9.56. The number of hydrogen-bond acceptors (Lipinski definition) is 1. The largest absolute Gasteiger partial charge is 0.332 e. The normalized spacial score (nSPS) is 27.4. The summed E-state index contributed by atoms with van der Waals surface area (Å²) in [6.07, 6.45) is 12.1. The lowest BCUT2D eigenvalue weighted by molar-refractivity contribution is -0.139. The van der Waals surface area contributed by atoms with Crippen molar-refractivity contribution < 1.29 is 4.79 Å². The van der Waals surface area contributed by atoms with Crippen LogP contribution in [0.5, 0.6) is 0 Å². The fraction of sp³-hybridized carbons (Fsp3) is 0.526. The van der Waals surface area contributed by atoms with Crippen LogP contribution in [-0.2, 0) is 11.2 Å². The summed E-state index contributed by atoms with van der Waals surface area (Å²) in [5.41, 5.74) is 2.86. The molecule has 21 heavy (non-hydrogen) atoms. The van der Waals surface area contributed by atoms with Crippen LogP contribution in [0.4, 0.5) is 0 Å². The molecule has 0 N–H and O–H groups in total. The maximum absolute atomic E-state index is 13.1. The van der Waals surface area contributed by atoms with Crippen LogP contribution in [0.1, 0.15) is 55.7 Å². The number of nitrogens with zero attached hydrogens (tertiary/aromatic N) is 1. The Labute approximate surface area is 126 Å². The monoisotopic (exact) mass is 281 g/mol. The molecule has 0 radical (unpaired) electrons. The van der Waals surface area contributed by atoms with Crippen LogP contribution in [0.3, 0.4) is 0 Å². The highest BCUT2D eigenvalue weighted by molar-refractivity contribution is 5.80. The average Bonchev–Trinajstić information content (AvgIpc) is 3.29. The van der Waals surface area contributed by atoms with Gasteiger partial charge < -0.3 is 4.90 Å². The van der Waals surface area contributed by atoms with E-state index in [0.717, 1.165) is 32.1 Å². The zero-order chi connectivity index (χ0) is 14.2. The van der Waals surface area contributed by atoms with E-state index in [1.165, 1.54) is 24.0 Å². The van der Waals surface area contributed by atoms with Gasteiger partial charge in [0, 0.05) is 12.0 Å². The average molecular weight is 281 g/mol. The van der Waals surface area contributed by atoms with E-state index in [2.05, 4.69) is 41.3 Å². The van der Waals surface area contributed by atoms with Gasteiger partial charge >= 0.3 is 0 Å². The molecule has 1 fully saturated rings. The summed E-state index contributed by atoms with van der Waals surface area (Å²) in [6.45, 7) is 0. The molecule has 0 bridgehead atoms. The van der Waals surface area contributed by atoms with Crippen molar-refractivity contribution in [2.24, 2.45) is 5.92 Å². The number of carbonyl (C=O) groups excluding carboxylic acids is 1. The molecule has 1 saturated carbocycles. The van der Waals surface area contributed by atoms with E-state index < -0.39 is 0 Å². The highest BCUT2D eigenvalue weighted by atomic mass is 16.2. The van der Waals surface area contributed by atoms with Gasteiger partial charge in [0.25, 0.3) is 0 Å². The first kappa shape index (κ1) is 13.1. The van der Waals surface area contributed by atoms with Crippen molar-refractivity contribution in [3.05, 3.63) is 47.5 Å². The topological polar surface area (TPSA) is 20.3 Å². The Hall–Kier alpha value is -1.57. The second-order valence-corrected chi connectivity index (χ2v) is 6.71. The fourth-order valence-electron chi connectivity index (χ4n) is 3.99. The molecule has 1 aromatic carbocycles. The Balaban J connectivity index is 1.61. The van der Waals surface area contributed by atoms with E-state index in [0.29, 0.717) is 18.0 Å². The smallest absolute Gasteiger partial charge is 0.226 e. The van der Waals surface area contributed by atoms with Crippen molar-refractivity contribution >= 4 is 5.91 Å². The van der Waals surface area contributed by atoms with Crippen LogP contribution >= 0.6 is 0 Å². The van der Waals surface area contributed by atoms with Gasteiger partial charge in [0.1, 0.15) is 0 Å². The van der Waals surface area contributed by atoms with Gasteiger partial charge in [-0.25, -0.2) is 0 Å². The SMILES string of the molecule is O=C([C@H]1CC=CCC1)N(C1CC1)[C@H]1CCc2ccccc21. The Morgan fingerprint density at radius 3 is 2.67 bits per heavy atom. The second kappa shape index (κ2) is 5.32. The molecule has 0 heterocycles. The maximum Gasteiger partial charge on any atom is 0.226 e. The van der Waals surface area contributed by atoms with Crippen LogP contribution in [0, 0.1) is 5.92 Å². The number of hydrogen-bond donors (Lipinski definition) is 0. The summed E-state index contributed by atoms with van der Waals surface area (Å²) in [5, 5.41) is 0. The first-order valence-electron chi connectivity index (χ1n) is 8.39. The first-order chi connectivity index (χ1) is 10.3. The zero-order valence-electron chi connectivity index (χ0n) is 12.5. The summed E-state index contributed by atoms with van der Waals surface area (Å²) in [5.74, 6) is 0.645. The molecule has 2 heteroatoms. The molecule has 2 atom stereocenters. The fourth-order valence-corrected chi connectivity index (χ4v) is 3.99. The number of fused-ring (bicyclic) bond motifs is 1. The van der Waals surface area contributed by atoms with Crippen molar-refractivity contribution in [1.82, 2.24) is 4.90 Å². The van der Waals surface area contributed by atoms with Gasteiger partial charge in [0.15, 0.2) is 0 Å².